The van der Waals surface area contributed by atoms with Crippen LogP contribution in [0.2, 0.25) is 0 Å². The molecule has 1 aliphatic carbocycles. The van der Waals surface area contributed by atoms with Crippen LogP contribution in [0.15, 0.2) is 36.7 Å². The van der Waals surface area contributed by atoms with E-state index in [1.165, 1.54) is 12.8 Å². The van der Waals surface area contributed by atoms with Crippen molar-refractivity contribution >= 4 is 22.6 Å². The van der Waals surface area contributed by atoms with Gasteiger partial charge in [0.2, 0.25) is 0 Å². The van der Waals surface area contributed by atoms with Gasteiger partial charge in [0.1, 0.15) is 5.65 Å². The topological polar surface area (TPSA) is 111 Å². The van der Waals surface area contributed by atoms with Gasteiger partial charge in [0, 0.05) is 46.7 Å². The molecule has 0 aromatic carbocycles. The molecule has 1 fully saturated rings. The predicted molar refractivity (Wildman–Crippen MR) is 115 cm³/mol. The number of carbonyl (C=O) groups excluding carboxylic acids is 1. The number of H-pyrrole nitrogens is 2. The maximum Gasteiger partial charge on any atom is 0.276 e. The number of aromatic nitrogens is 5. The summed E-state index contributed by atoms with van der Waals surface area (Å²) in [6, 6.07) is 8.67. The highest BCUT2D eigenvalue weighted by molar-refractivity contribution is 6.04. The number of aromatic amines is 2. The highest BCUT2D eigenvalue weighted by Gasteiger charge is 2.20. The molecule has 0 radical (unpaired) electrons. The average Bonchev–Trinajstić information content (AvgIpc) is 3.39. The molecule has 4 N–H and O–H groups in total. The van der Waals surface area contributed by atoms with Crippen molar-refractivity contribution in [1.82, 2.24) is 30.5 Å². The molecule has 1 saturated carbocycles. The van der Waals surface area contributed by atoms with Crippen LogP contribution in [-0.2, 0) is 6.54 Å². The zero-order valence-corrected chi connectivity index (χ0v) is 16.9. The fraction of sp³-hybridized carbons (Fsp3) is 0.273. The van der Waals surface area contributed by atoms with E-state index in [1.54, 1.807) is 6.20 Å². The second-order valence-electron chi connectivity index (χ2n) is 7.81. The Morgan fingerprint density at radius 2 is 2.07 bits per heavy atom. The van der Waals surface area contributed by atoms with Crippen molar-refractivity contribution in [3.63, 3.8) is 0 Å². The summed E-state index contributed by atoms with van der Waals surface area (Å²) in [5.41, 5.74) is 6.56. The highest BCUT2D eigenvalue weighted by Crippen LogP contribution is 2.26. The molecule has 0 atom stereocenters. The first kappa shape index (κ1) is 18.5. The molecule has 0 spiro atoms. The number of amides is 1. The quantitative estimate of drug-likeness (QED) is 0.395. The Bertz CT molecular complexity index is 1240. The minimum atomic E-state index is -0.254. The third-order valence-electron chi connectivity index (χ3n) is 5.47. The van der Waals surface area contributed by atoms with Crippen LogP contribution < -0.4 is 10.6 Å². The number of rotatable bonds is 6. The van der Waals surface area contributed by atoms with E-state index in [-0.39, 0.29) is 5.91 Å². The van der Waals surface area contributed by atoms with E-state index >= 15 is 0 Å². The maximum atomic E-state index is 12.5. The Balaban J connectivity index is 1.37. The molecular formula is C22H23N7O. The van der Waals surface area contributed by atoms with Crippen LogP contribution in [0.4, 0.5) is 5.69 Å². The standard InChI is InChI=1S/C22H23N7O/c1-12-13(2)28-29-20(12)22(30)26-18-8-15-9-19(27-21(15)25-11-18)14-5-6-23-17(7-14)10-24-16-3-4-16/h5-9,11,16,24H,3-4,10H2,1-2H3,(H,25,27)(H,26,30)(H,28,29). The zero-order chi connectivity index (χ0) is 20.7. The second kappa shape index (κ2) is 7.38. The van der Waals surface area contributed by atoms with Crippen molar-refractivity contribution in [2.75, 3.05) is 5.32 Å². The number of nitrogens with zero attached hydrogens (tertiary/aromatic N) is 3. The van der Waals surface area contributed by atoms with Crippen LogP contribution in [-0.4, -0.2) is 37.1 Å². The normalized spacial score (nSPS) is 13.7. The largest absolute Gasteiger partial charge is 0.339 e. The number of hydrogen-bond acceptors (Lipinski definition) is 5. The number of aryl methyl sites for hydroxylation is 1. The van der Waals surface area contributed by atoms with Gasteiger partial charge in [0.05, 0.1) is 17.6 Å². The average molecular weight is 401 g/mol. The first-order valence-corrected chi connectivity index (χ1v) is 10.1. The molecule has 4 aromatic rings. The highest BCUT2D eigenvalue weighted by atomic mass is 16.1. The number of carbonyl (C=O) groups is 1. The van der Waals surface area contributed by atoms with Gasteiger partial charge in [-0.15, -0.1) is 0 Å². The lowest BCUT2D eigenvalue weighted by atomic mass is 10.1. The molecule has 0 saturated heterocycles. The minimum Gasteiger partial charge on any atom is -0.339 e. The third-order valence-corrected chi connectivity index (χ3v) is 5.47. The van der Waals surface area contributed by atoms with E-state index in [0.717, 1.165) is 45.8 Å². The van der Waals surface area contributed by atoms with Crippen LogP contribution in [0.5, 0.6) is 0 Å². The van der Waals surface area contributed by atoms with Crippen LogP contribution in [0.1, 0.15) is 40.3 Å². The molecule has 1 aliphatic rings. The lowest BCUT2D eigenvalue weighted by molar-refractivity contribution is 0.102. The van der Waals surface area contributed by atoms with Crippen molar-refractivity contribution in [2.24, 2.45) is 0 Å². The molecule has 5 rings (SSSR count). The lowest BCUT2D eigenvalue weighted by Crippen LogP contribution is -2.16. The molecule has 4 aromatic heterocycles. The lowest BCUT2D eigenvalue weighted by Gasteiger charge is -2.04. The Morgan fingerprint density at radius 1 is 1.20 bits per heavy atom. The van der Waals surface area contributed by atoms with E-state index < -0.39 is 0 Å². The van der Waals surface area contributed by atoms with Crippen molar-refractivity contribution < 1.29 is 4.79 Å². The van der Waals surface area contributed by atoms with Crippen molar-refractivity contribution in [3.8, 4) is 11.3 Å². The van der Waals surface area contributed by atoms with Crippen molar-refractivity contribution in [1.29, 1.82) is 0 Å². The monoisotopic (exact) mass is 401 g/mol. The van der Waals surface area contributed by atoms with Crippen molar-refractivity contribution in [2.45, 2.75) is 39.3 Å². The molecule has 8 heteroatoms. The molecule has 0 bridgehead atoms. The molecule has 8 nitrogen and oxygen atoms in total. The van der Waals surface area contributed by atoms with Crippen LogP contribution in [0, 0.1) is 13.8 Å². The summed E-state index contributed by atoms with van der Waals surface area (Å²) in [5, 5.41) is 14.2. The number of hydrogen-bond donors (Lipinski definition) is 4. The van der Waals surface area contributed by atoms with E-state index in [9.17, 15) is 4.79 Å². The van der Waals surface area contributed by atoms with Gasteiger partial charge in [-0.2, -0.15) is 5.10 Å². The number of fused-ring (bicyclic) bond motifs is 1. The summed E-state index contributed by atoms with van der Waals surface area (Å²) in [7, 11) is 0. The van der Waals surface area contributed by atoms with Gasteiger partial charge in [-0.1, -0.05) is 0 Å². The van der Waals surface area contributed by atoms with Gasteiger partial charge in [0.25, 0.3) is 5.91 Å². The summed E-state index contributed by atoms with van der Waals surface area (Å²) >= 11 is 0. The smallest absolute Gasteiger partial charge is 0.276 e. The number of pyridine rings is 2. The number of anilines is 1. The molecule has 30 heavy (non-hydrogen) atoms. The first-order chi connectivity index (χ1) is 14.6. The summed E-state index contributed by atoms with van der Waals surface area (Å²) < 4.78 is 0. The summed E-state index contributed by atoms with van der Waals surface area (Å²) in [6.45, 7) is 4.54. The molecular weight excluding hydrogens is 378 g/mol. The zero-order valence-electron chi connectivity index (χ0n) is 16.9. The summed E-state index contributed by atoms with van der Waals surface area (Å²) in [6.07, 6.45) is 5.99. The van der Waals surface area contributed by atoms with Crippen LogP contribution in [0.25, 0.3) is 22.3 Å². The van der Waals surface area contributed by atoms with Gasteiger partial charge < -0.3 is 15.6 Å². The fourth-order valence-electron chi connectivity index (χ4n) is 3.41. The van der Waals surface area contributed by atoms with E-state index in [0.29, 0.717) is 17.4 Å². The molecule has 4 heterocycles. The third kappa shape index (κ3) is 3.69. The molecule has 1 amide bonds. The molecule has 0 aliphatic heterocycles. The SMILES string of the molecule is Cc1[nH]nc(C(=O)Nc2cnc3[nH]c(-c4ccnc(CNC5CC5)c4)cc3c2)c1C. The Morgan fingerprint density at radius 3 is 2.83 bits per heavy atom. The van der Waals surface area contributed by atoms with E-state index in [1.807, 2.05) is 38.2 Å². The first-order valence-electron chi connectivity index (χ1n) is 10.1. The van der Waals surface area contributed by atoms with Crippen LogP contribution >= 0.6 is 0 Å². The fourth-order valence-corrected chi connectivity index (χ4v) is 3.41. The van der Waals surface area contributed by atoms with Gasteiger partial charge >= 0.3 is 0 Å². The van der Waals surface area contributed by atoms with E-state index in [4.69, 9.17) is 0 Å². The summed E-state index contributed by atoms with van der Waals surface area (Å²) in [4.78, 5) is 24.8. The van der Waals surface area contributed by atoms with Gasteiger partial charge in [-0.3, -0.25) is 14.9 Å². The summed E-state index contributed by atoms with van der Waals surface area (Å²) in [5.74, 6) is -0.254. The number of nitrogens with one attached hydrogen (secondary N) is 4. The molecule has 0 unspecified atom stereocenters. The van der Waals surface area contributed by atoms with Gasteiger partial charge in [-0.25, -0.2) is 4.98 Å². The van der Waals surface area contributed by atoms with E-state index in [2.05, 4.69) is 41.8 Å². The Labute approximate surface area is 173 Å². The molecule has 152 valence electrons. The second-order valence-corrected chi connectivity index (χ2v) is 7.81. The Hall–Kier alpha value is -3.52. The predicted octanol–water partition coefficient (Wildman–Crippen LogP) is 3.47. The van der Waals surface area contributed by atoms with Crippen molar-refractivity contribution in [3.05, 3.63) is 59.3 Å². The minimum absolute atomic E-state index is 0.254. The van der Waals surface area contributed by atoms with Gasteiger partial charge in [0.15, 0.2) is 5.69 Å². The van der Waals surface area contributed by atoms with Gasteiger partial charge in [-0.05, 0) is 51.0 Å². The maximum absolute atomic E-state index is 12.5. The Kier molecular flexibility index (Phi) is 4.55. The van der Waals surface area contributed by atoms with Crippen LogP contribution in [0.3, 0.4) is 0 Å².